The highest BCUT2D eigenvalue weighted by atomic mass is 32.2. The van der Waals surface area contributed by atoms with E-state index in [1.807, 2.05) is 41.3 Å². The van der Waals surface area contributed by atoms with Crippen LogP contribution in [0.5, 0.6) is 17.2 Å². The van der Waals surface area contributed by atoms with Crippen molar-refractivity contribution in [1.82, 2.24) is 4.90 Å². The van der Waals surface area contributed by atoms with Gasteiger partial charge in [-0.05, 0) is 11.6 Å². The zero-order valence-corrected chi connectivity index (χ0v) is 17.2. The van der Waals surface area contributed by atoms with Crippen LogP contribution in [0.15, 0.2) is 42.5 Å². The van der Waals surface area contributed by atoms with Crippen molar-refractivity contribution in [3.05, 3.63) is 53.6 Å². The second-order valence-corrected chi connectivity index (χ2v) is 7.43. The SMILES string of the molecule is COc1cc(OC)c(C2SCCN2C(=O)COCc2ccccc2)cc1OC. The lowest BCUT2D eigenvalue weighted by Gasteiger charge is -2.26. The summed E-state index contributed by atoms with van der Waals surface area (Å²) >= 11 is 1.70. The molecule has 1 fully saturated rings. The fourth-order valence-electron chi connectivity index (χ4n) is 3.14. The summed E-state index contributed by atoms with van der Waals surface area (Å²) in [7, 11) is 4.79. The summed E-state index contributed by atoms with van der Waals surface area (Å²) in [5, 5.41) is -0.150. The predicted molar refractivity (Wildman–Crippen MR) is 109 cm³/mol. The summed E-state index contributed by atoms with van der Waals surface area (Å²) in [5.74, 6) is 2.68. The summed E-state index contributed by atoms with van der Waals surface area (Å²) in [5.41, 5.74) is 1.93. The number of carbonyl (C=O) groups excluding carboxylic acids is 1. The van der Waals surface area contributed by atoms with Crippen molar-refractivity contribution in [1.29, 1.82) is 0 Å². The van der Waals surface area contributed by atoms with Gasteiger partial charge in [-0.2, -0.15) is 0 Å². The Morgan fingerprint density at radius 2 is 1.71 bits per heavy atom. The van der Waals surface area contributed by atoms with Gasteiger partial charge in [0, 0.05) is 23.9 Å². The molecule has 0 bridgehead atoms. The van der Waals surface area contributed by atoms with Crippen molar-refractivity contribution >= 4 is 17.7 Å². The van der Waals surface area contributed by atoms with Crippen LogP contribution in [0.2, 0.25) is 0 Å². The van der Waals surface area contributed by atoms with E-state index in [9.17, 15) is 4.79 Å². The summed E-state index contributed by atoms with van der Waals surface area (Å²) < 4.78 is 22.0. The van der Waals surface area contributed by atoms with Crippen LogP contribution >= 0.6 is 11.8 Å². The molecule has 2 aromatic rings. The smallest absolute Gasteiger partial charge is 0.249 e. The maximum atomic E-state index is 12.8. The van der Waals surface area contributed by atoms with E-state index in [-0.39, 0.29) is 17.9 Å². The molecule has 1 atom stereocenters. The molecule has 1 heterocycles. The average molecular weight is 404 g/mol. The highest BCUT2D eigenvalue weighted by molar-refractivity contribution is 7.99. The van der Waals surface area contributed by atoms with Gasteiger partial charge in [0.2, 0.25) is 5.91 Å². The summed E-state index contributed by atoms with van der Waals surface area (Å²) in [4.78, 5) is 14.6. The first-order chi connectivity index (χ1) is 13.7. The molecule has 0 saturated carbocycles. The van der Waals surface area contributed by atoms with Gasteiger partial charge in [0.05, 0.1) is 27.9 Å². The Balaban J connectivity index is 1.72. The van der Waals surface area contributed by atoms with Crippen molar-refractivity contribution in [2.45, 2.75) is 12.0 Å². The van der Waals surface area contributed by atoms with Crippen molar-refractivity contribution in [2.24, 2.45) is 0 Å². The van der Waals surface area contributed by atoms with Gasteiger partial charge in [0.1, 0.15) is 17.7 Å². The Labute approximate surface area is 169 Å². The van der Waals surface area contributed by atoms with Crippen molar-refractivity contribution in [2.75, 3.05) is 40.2 Å². The molecule has 28 heavy (non-hydrogen) atoms. The zero-order chi connectivity index (χ0) is 19.9. The van der Waals surface area contributed by atoms with Crippen molar-refractivity contribution < 1.29 is 23.7 Å². The number of methoxy groups -OCH3 is 3. The standard InChI is InChI=1S/C21H25NO5S/c1-24-17-12-19(26-3)18(25-2)11-16(17)21-22(9-10-28-21)20(23)14-27-13-15-7-5-4-6-8-15/h4-8,11-12,21H,9-10,13-14H2,1-3H3. The monoisotopic (exact) mass is 403 g/mol. The van der Waals surface area contributed by atoms with Crippen LogP contribution in [0.1, 0.15) is 16.5 Å². The number of hydrogen-bond acceptors (Lipinski definition) is 6. The molecule has 150 valence electrons. The van der Waals surface area contributed by atoms with Gasteiger partial charge in [0.25, 0.3) is 0 Å². The zero-order valence-electron chi connectivity index (χ0n) is 16.3. The van der Waals surface area contributed by atoms with E-state index in [4.69, 9.17) is 18.9 Å². The number of nitrogens with zero attached hydrogens (tertiary/aromatic N) is 1. The maximum absolute atomic E-state index is 12.8. The quantitative estimate of drug-likeness (QED) is 0.672. The lowest BCUT2D eigenvalue weighted by atomic mass is 10.1. The van der Waals surface area contributed by atoms with Crippen molar-refractivity contribution in [3.8, 4) is 17.2 Å². The number of benzene rings is 2. The van der Waals surface area contributed by atoms with Gasteiger partial charge in [-0.1, -0.05) is 30.3 Å². The van der Waals surface area contributed by atoms with E-state index in [0.717, 1.165) is 16.9 Å². The normalized spacial score (nSPS) is 16.1. The molecule has 3 rings (SSSR count). The molecular weight excluding hydrogens is 378 g/mol. The van der Waals surface area contributed by atoms with Gasteiger partial charge in [-0.3, -0.25) is 4.79 Å². The molecule has 1 aliphatic rings. The van der Waals surface area contributed by atoms with Crippen LogP contribution in [-0.2, 0) is 16.1 Å². The van der Waals surface area contributed by atoms with Gasteiger partial charge >= 0.3 is 0 Å². The van der Waals surface area contributed by atoms with E-state index in [0.29, 0.717) is 30.4 Å². The Hall–Kier alpha value is -2.38. The Bertz CT molecular complexity index is 799. The molecule has 1 saturated heterocycles. The minimum Gasteiger partial charge on any atom is -0.496 e. The predicted octanol–water partition coefficient (Wildman–Crippen LogP) is 3.50. The third-order valence-electron chi connectivity index (χ3n) is 4.55. The molecular formula is C21H25NO5S. The van der Waals surface area contributed by atoms with Crippen LogP contribution in [0.3, 0.4) is 0 Å². The van der Waals surface area contributed by atoms with Crippen LogP contribution in [0.4, 0.5) is 0 Å². The largest absolute Gasteiger partial charge is 0.496 e. The number of thioether (sulfide) groups is 1. The number of ether oxygens (including phenoxy) is 4. The van der Waals surface area contributed by atoms with Gasteiger partial charge in [-0.25, -0.2) is 0 Å². The summed E-state index contributed by atoms with van der Waals surface area (Å²) in [6, 6.07) is 13.5. The fraction of sp³-hybridized carbons (Fsp3) is 0.381. The third kappa shape index (κ3) is 4.54. The number of carbonyl (C=O) groups is 1. The third-order valence-corrected chi connectivity index (χ3v) is 5.79. The van der Waals surface area contributed by atoms with Crippen LogP contribution in [-0.4, -0.2) is 51.0 Å². The molecule has 0 radical (unpaired) electrons. The Kier molecular flexibility index (Phi) is 7.06. The van der Waals surface area contributed by atoms with E-state index in [2.05, 4.69) is 0 Å². The summed E-state index contributed by atoms with van der Waals surface area (Å²) in [6.07, 6.45) is 0. The van der Waals surface area contributed by atoms with Crippen LogP contribution < -0.4 is 14.2 Å². The number of amides is 1. The van der Waals surface area contributed by atoms with E-state index in [1.165, 1.54) is 0 Å². The average Bonchev–Trinajstić information content (AvgIpc) is 3.23. The minimum atomic E-state index is -0.150. The lowest BCUT2D eigenvalue weighted by molar-refractivity contribution is -0.136. The second kappa shape index (κ2) is 9.71. The first kappa shape index (κ1) is 20.4. The van der Waals surface area contributed by atoms with Crippen LogP contribution in [0, 0.1) is 0 Å². The number of hydrogen-bond donors (Lipinski definition) is 0. The van der Waals surface area contributed by atoms with E-state index in [1.54, 1.807) is 39.2 Å². The molecule has 1 aliphatic heterocycles. The van der Waals surface area contributed by atoms with E-state index < -0.39 is 0 Å². The molecule has 6 nitrogen and oxygen atoms in total. The molecule has 7 heteroatoms. The minimum absolute atomic E-state index is 0.0391. The Morgan fingerprint density at radius 1 is 1.04 bits per heavy atom. The highest BCUT2D eigenvalue weighted by Gasteiger charge is 2.33. The summed E-state index contributed by atoms with van der Waals surface area (Å²) in [6.45, 7) is 1.12. The fourth-order valence-corrected chi connectivity index (χ4v) is 4.43. The van der Waals surface area contributed by atoms with Gasteiger partial charge in [-0.15, -0.1) is 11.8 Å². The van der Waals surface area contributed by atoms with Gasteiger partial charge < -0.3 is 23.8 Å². The second-order valence-electron chi connectivity index (χ2n) is 6.24. The molecule has 0 spiro atoms. The highest BCUT2D eigenvalue weighted by Crippen LogP contribution is 2.45. The molecule has 1 amide bonds. The molecule has 0 N–H and O–H groups in total. The lowest BCUT2D eigenvalue weighted by Crippen LogP contribution is -2.33. The topological polar surface area (TPSA) is 57.2 Å². The first-order valence-electron chi connectivity index (χ1n) is 9.00. The molecule has 0 aliphatic carbocycles. The molecule has 2 aromatic carbocycles. The molecule has 0 aromatic heterocycles. The maximum Gasteiger partial charge on any atom is 0.249 e. The Morgan fingerprint density at radius 3 is 2.39 bits per heavy atom. The van der Waals surface area contributed by atoms with Crippen molar-refractivity contribution in [3.63, 3.8) is 0 Å². The number of rotatable bonds is 8. The molecule has 1 unspecified atom stereocenters. The first-order valence-corrected chi connectivity index (χ1v) is 10.1. The van der Waals surface area contributed by atoms with Crippen LogP contribution in [0.25, 0.3) is 0 Å². The van der Waals surface area contributed by atoms with E-state index >= 15 is 0 Å². The van der Waals surface area contributed by atoms with Gasteiger partial charge in [0.15, 0.2) is 11.5 Å².